The van der Waals surface area contributed by atoms with E-state index in [1.807, 2.05) is 60.8 Å². The summed E-state index contributed by atoms with van der Waals surface area (Å²) in [4.78, 5) is 9.12. The summed E-state index contributed by atoms with van der Waals surface area (Å²) in [7, 11) is -1.23. The van der Waals surface area contributed by atoms with Gasteiger partial charge in [-0.3, -0.25) is 0 Å². The van der Waals surface area contributed by atoms with Crippen LogP contribution in [0.15, 0.2) is 146 Å². The third-order valence-corrected chi connectivity index (χ3v) is 11.5. The fraction of sp³-hybridized carbons (Fsp3) is 0.0909. The third kappa shape index (κ3) is 7.90. The number of benzene rings is 5. The summed E-state index contributed by atoms with van der Waals surface area (Å²) in [5.41, 5.74) is 6.66. The van der Waals surface area contributed by atoms with E-state index in [9.17, 15) is 4.39 Å². The van der Waals surface area contributed by atoms with Gasteiger partial charge >= 0.3 is 0 Å². The molecule has 3 aromatic heterocycles. The fourth-order valence-electron chi connectivity index (χ4n) is 5.70. The Balaban J connectivity index is 0.000000230. The van der Waals surface area contributed by atoms with Crippen LogP contribution in [0.3, 0.4) is 0 Å². The fourth-order valence-corrected chi connectivity index (χ4v) is 7.97. The zero-order valence-electron chi connectivity index (χ0n) is 29.9. The van der Waals surface area contributed by atoms with Crippen LogP contribution in [0.5, 0.6) is 0 Å². The zero-order chi connectivity index (χ0) is 35.6. The zero-order valence-corrected chi connectivity index (χ0v) is 32.1. The van der Waals surface area contributed by atoms with Crippen molar-refractivity contribution in [1.82, 2.24) is 9.97 Å². The molecule has 0 atom stereocenters. The minimum Gasteiger partial charge on any atom is -0.305 e. The van der Waals surface area contributed by atoms with Gasteiger partial charge in [0.25, 0.3) is 0 Å². The average Bonchev–Trinajstić information content (AvgIpc) is 3.55. The first-order valence-electron chi connectivity index (χ1n) is 17.2. The van der Waals surface area contributed by atoms with Gasteiger partial charge in [0.2, 0.25) is 0 Å². The molecule has 50 heavy (non-hydrogen) atoms. The molecule has 8 aromatic rings. The molecule has 3 heterocycles. The van der Waals surface area contributed by atoms with Gasteiger partial charge in [-0.1, -0.05) is 115 Å². The molecule has 5 aromatic carbocycles. The van der Waals surface area contributed by atoms with Crippen molar-refractivity contribution in [2.24, 2.45) is 0 Å². The molecule has 0 aliphatic carbocycles. The normalized spacial score (nSPS) is 12.0. The maximum absolute atomic E-state index is 13.4. The molecule has 1 radical (unpaired) electrons. The van der Waals surface area contributed by atoms with Crippen molar-refractivity contribution in [3.63, 3.8) is 0 Å². The first-order chi connectivity index (χ1) is 24.6. The van der Waals surface area contributed by atoms with Crippen molar-refractivity contribution in [2.75, 3.05) is 0 Å². The number of fused-ring (bicyclic) bond motifs is 3. The van der Waals surface area contributed by atoms with Crippen LogP contribution in [0, 0.1) is 17.9 Å². The minimum absolute atomic E-state index is 0. The van der Waals surface area contributed by atoms with Crippen molar-refractivity contribution in [1.29, 1.82) is 0 Å². The van der Waals surface area contributed by atoms with Gasteiger partial charge in [0.15, 0.2) is 0 Å². The molecule has 0 N–H and O–H groups in total. The van der Waals surface area contributed by atoms with Crippen LogP contribution in [0.4, 0.5) is 4.39 Å². The Morgan fingerprint density at radius 3 is 2.24 bits per heavy atom. The van der Waals surface area contributed by atoms with Crippen LogP contribution in [0.1, 0.15) is 13.9 Å². The standard InChI is InChI=1S/C30H19FNS.C14H16NSi.Ir/c31-23-12-10-20(11-13-23)18-21-16-17-32-27(19-21)25-15-14-24(22-6-2-1-3-7-22)29-26-8-4-5-9-28(26)33-30(25)29;1-16(2,3)13-9-10-14(15-11-13)12-7-5-4-6-8-12;/h1-14,16-17,19H,18H2;4-7,9-11H,1-3H3;/q2*-1;/i18D2;;. The van der Waals surface area contributed by atoms with E-state index in [4.69, 9.17) is 2.74 Å². The van der Waals surface area contributed by atoms with Gasteiger partial charge in [0.1, 0.15) is 5.82 Å². The van der Waals surface area contributed by atoms with E-state index < -0.39 is 14.4 Å². The molecule has 249 valence electrons. The van der Waals surface area contributed by atoms with Gasteiger partial charge < -0.3 is 9.97 Å². The molecule has 0 amide bonds. The van der Waals surface area contributed by atoms with Crippen LogP contribution in [-0.4, -0.2) is 18.0 Å². The number of thiophene rings is 1. The number of pyridine rings is 2. The molecule has 8 rings (SSSR count). The van der Waals surface area contributed by atoms with E-state index in [0.717, 1.165) is 38.0 Å². The van der Waals surface area contributed by atoms with Gasteiger partial charge in [-0.2, -0.15) is 11.3 Å². The molecule has 0 bridgehead atoms. The summed E-state index contributed by atoms with van der Waals surface area (Å²) < 4.78 is 33.2. The second-order valence-electron chi connectivity index (χ2n) is 12.8. The molecule has 0 fully saturated rings. The van der Waals surface area contributed by atoms with E-state index in [2.05, 4.69) is 84.2 Å². The molecule has 0 saturated heterocycles. The molecule has 0 aliphatic heterocycles. The summed E-state index contributed by atoms with van der Waals surface area (Å²) in [5.74, 6) is -0.389. The van der Waals surface area contributed by atoms with Gasteiger partial charge in [0.05, 0.1) is 8.07 Å². The second-order valence-corrected chi connectivity index (χ2v) is 18.9. The molecule has 0 unspecified atom stereocenters. The first-order valence-corrected chi connectivity index (χ1v) is 20.5. The number of hydrogen-bond donors (Lipinski definition) is 0. The van der Waals surface area contributed by atoms with Crippen molar-refractivity contribution in [3.05, 3.63) is 175 Å². The molecular weight excluding hydrogens is 828 g/mol. The summed E-state index contributed by atoms with van der Waals surface area (Å²) in [6, 6.07) is 48.5. The van der Waals surface area contributed by atoms with Crippen LogP contribution >= 0.6 is 11.3 Å². The average molecular weight is 865 g/mol. The van der Waals surface area contributed by atoms with Gasteiger partial charge in [-0.05, 0) is 68.4 Å². The minimum atomic E-state index is -1.80. The van der Waals surface area contributed by atoms with Crippen molar-refractivity contribution >= 4 is 44.8 Å². The van der Waals surface area contributed by atoms with Crippen LogP contribution < -0.4 is 5.19 Å². The summed E-state index contributed by atoms with van der Waals surface area (Å²) in [5, 5.41) is 3.73. The van der Waals surface area contributed by atoms with Crippen LogP contribution in [-0.2, 0) is 26.5 Å². The number of hydrogen-bond acceptors (Lipinski definition) is 3. The summed E-state index contributed by atoms with van der Waals surface area (Å²) >= 11 is 1.70. The Hall–Kier alpha value is -4.58. The molecule has 2 nitrogen and oxygen atoms in total. The maximum atomic E-state index is 13.4. The van der Waals surface area contributed by atoms with Gasteiger partial charge in [-0.25, -0.2) is 4.39 Å². The van der Waals surface area contributed by atoms with E-state index >= 15 is 0 Å². The summed E-state index contributed by atoms with van der Waals surface area (Å²) in [6.07, 6.45) is 1.85. The van der Waals surface area contributed by atoms with Crippen LogP contribution in [0.2, 0.25) is 19.6 Å². The second kappa shape index (κ2) is 15.5. The van der Waals surface area contributed by atoms with Gasteiger partial charge in [0, 0.05) is 39.9 Å². The summed E-state index contributed by atoms with van der Waals surface area (Å²) in [6.45, 7) is 7.00. The number of halogens is 1. The monoisotopic (exact) mass is 865 g/mol. The van der Waals surface area contributed by atoms with E-state index in [0.29, 0.717) is 16.8 Å². The maximum Gasteiger partial charge on any atom is 0.123 e. The van der Waals surface area contributed by atoms with E-state index in [-0.39, 0.29) is 25.9 Å². The Morgan fingerprint density at radius 2 is 1.52 bits per heavy atom. The topological polar surface area (TPSA) is 25.8 Å². The third-order valence-electron chi connectivity index (χ3n) is 8.30. The molecular formula is C44H35FIrN2SSi-2. The Morgan fingerprint density at radius 1 is 0.760 bits per heavy atom. The Kier molecular flexibility index (Phi) is 10.1. The molecule has 0 aliphatic rings. The predicted octanol–water partition coefficient (Wildman–Crippen LogP) is 11.4. The smallest absolute Gasteiger partial charge is 0.123 e. The Bertz CT molecular complexity index is 2430. The molecule has 0 spiro atoms. The van der Waals surface area contributed by atoms with Crippen molar-refractivity contribution in [2.45, 2.75) is 26.0 Å². The van der Waals surface area contributed by atoms with E-state index in [1.54, 1.807) is 29.7 Å². The largest absolute Gasteiger partial charge is 0.305 e. The predicted molar refractivity (Wildman–Crippen MR) is 208 cm³/mol. The molecule has 0 saturated carbocycles. The SMILES string of the molecule is C[Si](C)(C)c1ccc(-c2[c-]cccc2)nc1.[2H]C([2H])(c1ccc(F)cc1)c1ccnc(-c2[c-]cc(-c3ccccc3)c3c2sc2ccccc23)c1.[Ir]. The molecule has 6 heteroatoms. The van der Waals surface area contributed by atoms with Gasteiger partial charge in [-0.15, -0.1) is 53.6 Å². The number of aromatic nitrogens is 2. The number of rotatable bonds is 6. The van der Waals surface area contributed by atoms with Crippen LogP contribution in [0.25, 0.3) is 53.8 Å². The quantitative estimate of drug-likeness (QED) is 0.123. The van der Waals surface area contributed by atoms with Crippen molar-refractivity contribution < 1.29 is 27.2 Å². The number of nitrogens with zero attached hydrogens (tertiary/aromatic N) is 2. The Labute approximate surface area is 314 Å². The first kappa shape index (κ1) is 32.6. The van der Waals surface area contributed by atoms with Crippen molar-refractivity contribution in [3.8, 4) is 33.6 Å². The van der Waals surface area contributed by atoms with E-state index in [1.165, 1.54) is 39.5 Å².